The number of likely N-dealkylation sites (tertiary alicyclic amines) is 1. The molecule has 1 aromatic rings. The van der Waals surface area contributed by atoms with Crippen LogP contribution in [0, 0.1) is 11.2 Å². The minimum absolute atomic E-state index is 0.0946. The Kier molecular flexibility index (Phi) is 5.25. The maximum atomic E-state index is 13.8. The molecular formula is C18H23FN2O2S. The Labute approximate surface area is 146 Å². The van der Waals surface area contributed by atoms with Gasteiger partial charge >= 0.3 is 0 Å². The molecule has 1 N–H and O–H groups in total. The standard InChI is InChI=1S/C18H23FN2O2S/c1-13(22)15-3-2-14(10-16(15)19)24-11-17(23)21-8-5-18(6-9-21)4-7-20-12-18/h2-3,10,20H,4-9,11-12H2,1H3. The Morgan fingerprint density at radius 2 is 2.04 bits per heavy atom. The number of carbonyl (C=O) groups excluding carboxylic acids is 2. The third-order valence-electron chi connectivity index (χ3n) is 5.19. The highest BCUT2D eigenvalue weighted by Gasteiger charge is 2.37. The summed E-state index contributed by atoms with van der Waals surface area (Å²) in [5, 5.41) is 3.42. The van der Waals surface area contributed by atoms with Gasteiger partial charge in [-0.15, -0.1) is 11.8 Å². The van der Waals surface area contributed by atoms with E-state index in [1.807, 2.05) is 4.90 Å². The molecule has 4 nitrogen and oxygen atoms in total. The second-order valence-electron chi connectivity index (χ2n) is 6.79. The Bertz CT molecular complexity index is 634. The fraction of sp³-hybridized carbons (Fsp3) is 0.556. The SMILES string of the molecule is CC(=O)c1ccc(SCC(=O)N2CCC3(CCNC3)CC2)cc1F. The second kappa shape index (κ2) is 7.23. The zero-order chi connectivity index (χ0) is 17.2. The van der Waals surface area contributed by atoms with E-state index < -0.39 is 5.82 Å². The van der Waals surface area contributed by atoms with Crippen LogP contribution >= 0.6 is 11.8 Å². The summed E-state index contributed by atoms with van der Waals surface area (Å²) >= 11 is 1.33. The fourth-order valence-electron chi connectivity index (χ4n) is 3.56. The lowest BCUT2D eigenvalue weighted by molar-refractivity contribution is -0.130. The van der Waals surface area contributed by atoms with Crippen LogP contribution in [-0.4, -0.2) is 48.5 Å². The number of ketones is 1. The summed E-state index contributed by atoms with van der Waals surface area (Å²) in [6.07, 6.45) is 3.35. The molecular weight excluding hydrogens is 327 g/mol. The molecule has 2 aliphatic heterocycles. The van der Waals surface area contributed by atoms with Crippen molar-refractivity contribution in [1.29, 1.82) is 0 Å². The maximum Gasteiger partial charge on any atom is 0.232 e. The van der Waals surface area contributed by atoms with Crippen molar-refractivity contribution in [3.8, 4) is 0 Å². The van der Waals surface area contributed by atoms with E-state index in [9.17, 15) is 14.0 Å². The largest absolute Gasteiger partial charge is 0.342 e. The zero-order valence-corrected chi connectivity index (χ0v) is 14.8. The Balaban J connectivity index is 1.51. The molecule has 2 heterocycles. The number of Topliss-reactive ketones (excluding diaryl/α,β-unsaturated/α-hetero) is 1. The lowest BCUT2D eigenvalue weighted by Gasteiger charge is -2.38. The Morgan fingerprint density at radius 3 is 2.62 bits per heavy atom. The number of hydrogen-bond acceptors (Lipinski definition) is 4. The Morgan fingerprint density at radius 1 is 1.29 bits per heavy atom. The highest BCUT2D eigenvalue weighted by atomic mass is 32.2. The molecule has 6 heteroatoms. The molecule has 0 radical (unpaired) electrons. The summed E-state index contributed by atoms with van der Waals surface area (Å²) in [5.74, 6) is -0.390. The first-order chi connectivity index (χ1) is 11.5. The van der Waals surface area contributed by atoms with Crippen molar-refractivity contribution in [2.45, 2.75) is 31.1 Å². The average molecular weight is 350 g/mol. The van der Waals surface area contributed by atoms with Crippen molar-refractivity contribution in [1.82, 2.24) is 10.2 Å². The van der Waals surface area contributed by atoms with Gasteiger partial charge in [0.25, 0.3) is 0 Å². The molecule has 3 rings (SSSR count). The van der Waals surface area contributed by atoms with E-state index in [-0.39, 0.29) is 17.3 Å². The van der Waals surface area contributed by atoms with Crippen LogP contribution in [0.5, 0.6) is 0 Å². The molecule has 0 unspecified atom stereocenters. The van der Waals surface area contributed by atoms with Crippen LogP contribution in [0.3, 0.4) is 0 Å². The normalized spacial score (nSPS) is 19.7. The van der Waals surface area contributed by atoms with Gasteiger partial charge in [0, 0.05) is 24.5 Å². The molecule has 2 saturated heterocycles. The van der Waals surface area contributed by atoms with Crippen molar-refractivity contribution in [3.05, 3.63) is 29.6 Å². The summed E-state index contributed by atoms with van der Waals surface area (Å²) in [4.78, 5) is 26.2. The first-order valence-corrected chi connectivity index (χ1v) is 9.39. The smallest absolute Gasteiger partial charge is 0.232 e. The molecule has 130 valence electrons. The second-order valence-corrected chi connectivity index (χ2v) is 7.84. The van der Waals surface area contributed by atoms with Gasteiger partial charge in [-0.3, -0.25) is 9.59 Å². The molecule has 0 atom stereocenters. The van der Waals surface area contributed by atoms with Crippen LogP contribution in [0.15, 0.2) is 23.1 Å². The summed E-state index contributed by atoms with van der Waals surface area (Å²) in [6, 6.07) is 4.53. The predicted molar refractivity (Wildman–Crippen MR) is 92.9 cm³/mol. The molecule has 24 heavy (non-hydrogen) atoms. The number of hydrogen-bond donors (Lipinski definition) is 1. The first kappa shape index (κ1) is 17.4. The molecule has 0 bridgehead atoms. The van der Waals surface area contributed by atoms with E-state index in [4.69, 9.17) is 0 Å². The van der Waals surface area contributed by atoms with E-state index in [1.54, 1.807) is 6.07 Å². The van der Waals surface area contributed by atoms with E-state index in [0.29, 0.717) is 16.1 Å². The predicted octanol–water partition coefficient (Wildman–Crippen LogP) is 2.72. The van der Waals surface area contributed by atoms with Gasteiger partial charge in [0.1, 0.15) is 5.82 Å². The van der Waals surface area contributed by atoms with Gasteiger partial charge in [-0.05, 0) is 56.3 Å². The minimum atomic E-state index is -0.520. The Hall–Kier alpha value is -1.40. The van der Waals surface area contributed by atoms with E-state index >= 15 is 0 Å². The number of amides is 1. The van der Waals surface area contributed by atoms with Gasteiger partial charge < -0.3 is 10.2 Å². The molecule has 1 spiro atoms. The van der Waals surface area contributed by atoms with Crippen molar-refractivity contribution in [2.24, 2.45) is 5.41 Å². The summed E-state index contributed by atoms with van der Waals surface area (Å²) in [6.45, 7) is 5.15. The monoisotopic (exact) mass is 350 g/mol. The van der Waals surface area contributed by atoms with Crippen LogP contribution in [0.1, 0.15) is 36.5 Å². The first-order valence-electron chi connectivity index (χ1n) is 8.41. The molecule has 1 amide bonds. The van der Waals surface area contributed by atoms with E-state index in [0.717, 1.165) is 39.0 Å². The van der Waals surface area contributed by atoms with E-state index in [2.05, 4.69) is 5.32 Å². The summed E-state index contributed by atoms with van der Waals surface area (Å²) in [5.41, 5.74) is 0.493. The van der Waals surface area contributed by atoms with Crippen molar-refractivity contribution < 1.29 is 14.0 Å². The van der Waals surface area contributed by atoms with Crippen LogP contribution in [0.2, 0.25) is 0 Å². The third-order valence-corrected chi connectivity index (χ3v) is 6.17. The van der Waals surface area contributed by atoms with Crippen molar-refractivity contribution in [3.63, 3.8) is 0 Å². The molecule has 0 aromatic heterocycles. The fourth-order valence-corrected chi connectivity index (χ4v) is 4.38. The van der Waals surface area contributed by atoms with Crippen molar-refractivity contribution in [2.75, 3.05) is 31.9 Å². The molecule has 2 aliphatic rings. The number of thioether (sulfide) groups is 1. The number of piperidine rings is 1. The number of nitrogens with zero attached hydrogens (tertiary/aromatic N) is 1. The van der Waals surface area contributed by atoms with Crippen LogP contribution in [0.25, 0.3) is 0 Å². The molecule has 0 saturated carbocycles. The van der Waals surface area contributed by atoms with Gasteiger partial charge in [-0.2, -0.15) is 0 Å². The number of carbonyl (C=O) groups is 2. The lowest BCUT2D eigenvalue weighted by Crippen LogP contribution is -2.44. The molecule has 1 aromatic carbocycles. The van der Waals surface area contributed by atoms with Gasteiger partial charge in [-0.25, -0.2) is 4.39 Å². The van der Waals surface area contributed by atoms with Crippen molar-refractivity contribution >= 4 is 23.5 Å². The summed E-state index contributed by atoms with van der Waals surface area (Å²) < 4.78 is 13.8. The highest BCUT2D eigenvalue weighted by molar-refractivity contribution is 8.00. The maximum absolute atomic E-state index is 13.8. The molecule has 2 fully saturated rings. The number of nitrogens with one attached hydrogen (secondary N) is 1. The van der Waals surface area contributed by atoms with Gasteiger partial charge in [-0.1, -0.05) is 0 Å². The quantitative estimate of drug-likeness (QED) is 0.670. The lowest BCUT2D eigenvalue weighted by atomic mass is 9.78. The molecule has 0 aliphatic carbocycles. The van der Waals surface area contributed by atoms with E-state index in [1.165, 1.54) is 37.2 Å². The number of halogens is 1. The zero-order valence-electron chi connectivity index (χ0n) is 13.9. The van der Waals surface area contributed by atoms with Crippen LogP contribution in [-0.2, 0) is 4.79 Å². The summed E-state index contributed by atoms with van der Waals surface area (Å²) in [7, 11) is 0. The third kappa shape index (κ3) is 3.81. The van der Waals surface area contributed by atoms with Crippen LogP contribution < -0.4 is 5.32 Å². The highest BCUT2D eigenvalue weighted by Crippen LogP contribution is 2.37. The average Bonchev–Trinajstić information content (AvgIpc) is 3.01. The van der Waals surface area contributed by atoms with Crippen LogP contribution in [0.4, 0.5) is 4.39 Å². The number of rotatable bonds is 4. The minimum Gasteiger partial charge on any atom is -0.342 e. The number of benzene rings is 1. The van der Waals surface area contributed by atoms with Gasteiger partial charge in [0.05, 0.1) is 11.3 Å². The van der Waals surface area contributed by atoms with Gasteiger partial charge in [0.15, 0.2) is 5.78 Å². The van der Waals surface area contributed by atoms with Gasteiger partial charge in [0.2, 0.25) is 5.91 Å². The topological polar surface area (TPSA) is 49.4 Å².